The molecule has 5 nitrogen and oxygen atoms in total. The van der Waals surface area contributed by atoms with E-state index in [4.69, 9.17) is 4.74 Å². The molecule has 0 spiro atoms. The highest BCUT2D eigenvalue weighted by Gasteiger charge is 2.22. The van der Waals surface area contributed by atoms with Crippen molar-refractivity contribution in [2.75, 3.05) is 6.61 Å². The molecule has 1 atom stereocenters. The highest BCUT2D eigenvalue weighted by molar-refractivity contribution is 7.70. The van der Waals surface area contributed by atoms with Crippen LogP contribution in [0.3, 0.4) is 0 Å². The molecule has 0 aromatic heterocycles. The van der Waals surface area contributed by atoms with Crippen molar-refractivity contribution in [2.24, 2.45) is 0 Å². The topological polar surface area (TPSA) is 72.5 Å². The van der Waals surface area contributed by atoms with E-state index in [1.807, 2.05) is 6.92 Å². The molecule has 0 heterocycles. The number of esters is 1. The maximum Gasteiger partial charge on any atom is 0.330 e. The maximum absolute atomic E-state index is 10.7. The van der Waals surface area contributed by atoms with Crippen LogP contribution in [0.5, 0.6) is 0 Å². The van der Waals surface area contributed by atoms with Crippen molar-refractivity contribution in [3.63, 3.8) is 0 Å². The van der Waals surface area contributed by atoms with Crippen molar-refractivity contribution in [1.29, 1.82) is 0 Å². The monoisotopic (exact) mass is 235 g/mol. The molecule has 1 N–H and O–H groups in total. The molecule has 0 aromatic rings. The molecule has 0 saturated carbocycles. The van der Waals surface area contributed by atoms with E-state index in [2.05, 4.69) is 11.3 Å². The summed E-state index contributed by atoms with van der Waals surface area (Å²) in [5.41, 5.74) is -0.559. The van der Waals surface area contributed by atoms with Crippen LogP contribution in [0.15, 0.2) is 12.7 Å². The zero-order chi connectivity index (χ0) is 11.9. The number of ether oxygens (including phenoxy) is 1. The molecule has 0 aliphatic rings. The molecule has 0 aliphatic heterocycles. The maximum atomic E-state index is 10.7. The second kappa shape index (κ2) is 6.58. The number of hydrogen-bond donors (Lipinski definition) is 2. The summed E-state index contributed by atoms with van der Waals surface area (Å²) in [4.78, 5) is 10.7. The Morgan fingerprint density at radius 2 is 2.20 bits per heavy atom. The van der Waals surface area contributed by atoms with Gasteiger partial charge in [0, 0.05) is 18.0 Å². The SMILES string of the molecule is C=CC(=O)OCCC(C)(CC)N[SH](=O)=O. The van der Waals surface area contributed by atoms with Gasteiger partial charge in [-0.05, 0) is 13.3 Å². The number of nitrogens with one attached hydrogen (secondary N) is 1. The first-order chi connectivity index (χ1) is 6.93. The van der Waals surface area contributed by atoms with Gasteiger partial charge in [-0.2, -0.15) is 0 Å². The standard InChI is InChI=1S/C9H17NO4S/c1-4-8(11)14-7-6-9(3,5-2)10-15(12)13/h4,15H,1,5-7H2,2-3H3,(H,10,12,13). The van der Waals surface area contributed by atoms with Gasteiger partial charge in [0.1, 0.15) is 0 Å². The van der Waals surface area contributed by atoms with Crippen LogP contribution in [-0.2, 0) is 20.4 Å². The van der Waals surface area contributed by atoms with Gasteiger partial charge in [0.2, 0.25) is 10.9 Å². The Balaban J connectivity index is 4.08. The number of rotatable bonds is 7. The average molecular weight is 235 g/mol. The fraction of sp³-hybridized carbons (Fsp3) is 0.667. The van der Waals surface area contributed by atoms with Gasteiger partial charge in [-0.3, -0.25) is 0 Å². The first kappa shape index (κ1) is 14.1. The zero-order valence-electron chi connectivity index (χ0n) is 8.99. The van der Waals surface area contributed by atoms with Gasteiger partial charge in [-0.1, -0.05) is 13.5 Å². The van der Waals surface area contributed by atoms with Crippen molar-refractivity contribution in [1.82, 2.24) is 4.72 Å². The molecular formula is C9H17NO4S. The van der Waals surface area contributed by atoms with Gasteiger partial charge in [0.25, 0.3) is 0 Å². The molecule has 0 fully saturated rings. The lowest BCUT2D eigenvalue weighted by Gasteiger charge is -2.26. The Morgan fingerprint density at radius 3 is 2.60 bits per heavy atom. The summed E-state index contributed by atoms with van der Waals surface area (Å²) in [5.74, 6) is -0.500. The van der Waals surface area contributed by atoms with Crippen LogP contribution in [0.4, 0.5) is 0 Å². The van der Waals surface area contributed by atoms with Crippen LogP contribution in [0.25, 0.3) is 0 Å². The molecule has 6 heteroatoms. The Kier molecular flexibility index (Phi) is 6.19. The molecule has 88 valence electrons. The quantitative estimate of drug-likeness (QED) is 0.380. The number of carbonyl (C=O) groups is 1. The normalized spacial score (nSPS) is 14.6. The molecule has 0 rings (SSSR count). The second-order valence-corrected chi connectivity index (χ2v) is 4.14. The van der Waals surface area contributed by atoms with Crippen molar-refractivity contribution in [3.05, 3.63) is 12.7 Å². The molecule has 1 unspecified atom stereocenters. The van der Waals surface area contributed by atoms with E-state index >= 15 is 0 Å². The third-order valence-corrected chi connectivity index (χ3v) is 2.93. The van der Waals surface area contributed by atoms with Crippen LogP contribution >= 0.6 is 0 Å². The summed E-state index contributed by atoms with van der Waals surface area (Å²) in [6, 6.07) is 0. The van der Waals surface area contributed by atoms with Crippen LogP contribution < -0.4 is 4.72 Å². The highest BCUT2D eigenvalue weighted by Crippen LogP contribution is 2.14. The third-order valence-electron chi connectivity index (χ3n) is 2.21. The van der Waals surface area contributed by atoms with E-state index in [-0.39, 0.29) is 6.61 Å². The van der Waals surface area contributed by atoms with E-state index < -0.39 is 22.4 Å². The third kappa shape index (κ3) is 6.24. The fourth-order valence-corrected chi connectivity index (χ4v) is 1.68. The van der Waals surface area contributed by atoms with Crippen LogP contribution in [0.2, 0.25) is 0 Å². The summed E-state index contributed by atoms with van der Waals surface area (Å²) in [7, 11) is -2.64. The highest BCUT2D eigenvalue weighted by atomic mass is 32.2. The largest absolute Gasteiger partial charge is 0.462 e. The number of hydrogen-bond acceptors (Lipinski definition) is 4. The van der Waals surface area contributed by atoms with Gasteiger partial charge in [-0.15, -0.1) is 0 Å². The lowest BCUT2D eigenvalue weighted by atomic mass is 9.97. The number of carbonyl (C=O) groups excluding carboxylic acids is 1. The molecule has 0 aliphatic carbocycles. The molecule has 0 bridgehead atoms. The van der Waals surface area contributed by atoms with E-state index in [1.54, 1.807) is 6.92 Å². The summed E-state index contributed by atoms with van der Waals surface area (Å²) >= 11 is 0. The predicted molar refractivity (Wildman–Crippen MR) is 57.9 cm³/mol. The smallest absolute Gasteiger partial charge is 0.330 e. The molecule has 0 radical (unpaired) electrons. The minimum Gasteiger partial charge on any atom is -0.462 e. The zero-order valence-corrected chi connectivity index (χ0v) is 9.88. The molecular weight excluding hydrogens is 218 g/mol. The van der Waals surface area contributed by atoms with Crippen molar-refractivity contribution < 1.29 is 17.9 Å². The van der Waals surface area contributed by atoms with Crippen LogP contribution in [-0.4, -0.2) is 26.5 Å². The summed E-state index contributed by atoms with van der Waals surface area (Å²) in [6.45, 7) is 7.06. The molecule has 0 saturated heterocycles. The molecule has 15 heavy (non-hydrogen) atoms. The van der Waals surface area contributed by atoms with Gasteiger partial charge >= 0.3 is 5.97 Å². The summed E-state index contributed by atoms with van der Waals surface area (Å²) in [5, 5.41) is 0. The Labute approximate surface area is 91.6 Å². The second-order valence-electron chi connectivity index (χ2n) is 3.40. The van der Waals surface area contributed by atoms with Gasteiger partial charge < -0.3 is 4.74 Å². The number of thiol groups is 1. The van der Waals surface area contributed by atoms with Crippen molar-refractivity contribution in [3.8, 4) is 0 Å². The lowest BCUT2D eigenvalue weighted by molar-refractivity contribution is -0.138. The molecule has 0 aromatic carbocycles. The van der Waals surface area contributed by atoms with E-state index in [1.165, 1.54) is 0 Å². The minimum atomic E-state index is -2.64. The van der Waals surface area contributed by atoms with Crippen molar-refractivity contribution >= 4 is 16.9 Å². The molecule has 0 amide bonds. The van der Waals surface area contributed by atoms with E-state index in [0.717, 1.165) is 6.08 Å². The Bertz CT molecular complexity index is 292. The van der Waals surface area contributed by atoms with E-state index in [0.29, 0.717) is 12.8 Å². The van der Waals surface area contributed by atoms with E-state index in [9.17, 15) is 13.2 Å². The minimum absolute atomic E-state index is 0.172. The average Bonchev–Trinajstić information content (AvgIpc) is 2.16. The fourth-order valence-electron chi connectivity index (χ4n) is 0.968. The summed E-state index contributed by atoms with van der Waals surface area (Å²) in [6.07, 6.45) is 2.14. The van der Waals surface area contributed by atoms with Crippen LogP contribution in [0.1, 0.15) is 26.7 Å². The van der Waals surface area contributed by atoms with Gasteiger partial charge in [0.05, 0.1) is 6.61 Å². The lowest BCUT2D eigenvalue weighted by Crippen LogP contribution is -2.41. The van der Waals surface area contributed by atoms with Gasteiger partial charge in [0.15, 0.2) is 0 Å². The first-order valence-electron chi connectivity index (χ1n) is 4.65. The Hall–Kier alpha value is -0.880. The Morgan fingerprint density at radius 1 is 1.60 bits per heavy atom. The van der Waals surface area contributed by atoms with Gasteiger partial charge in [-0.25, -0.2) is 17.9 Å². The first-order valence-corrected chi connectivity index (χ1v) is 5.82. The van der Waals surface area contributed by atoms with Crippen molar-refractivity contribution in [2.45, 2.75) is 32.2 Å². The summed E-state index contributed by atoms with van der Waals surface area (Å²) < 4.78 is 28.3. The van der Waals surface area contributed by atoms with Crippen LogP contribution in [0, 0.1) is 0 Å². The predicted octanol–water partition coefficient (Wildman–Crippen LogP) is 0.390.